The predicted molar refractivity (Wildman–Crippen MR) is 42.6 cm³/mol. The van der Waals surface area contributed by atoms with Crippen LogP contribution in [0.3, 0.4) is 0 Å². The van der Waals surface area contributed by atoms with E-state index in [4.69, 9.17) is 17.3 Å². The van der Waals surface area contributed by atoms with Crippen LogP contribution in [0.25, 0.3) is 0 Å². The van der Waals surface area contributed by atoms with Crippen molar-refractivity contribution in [1.82, 2.24) is 0 Å². The molecule has 3 heteroatoms. The molecule has 2 aliphatic heterocycles. The lowest BCUT2D eigenvalue weighted by atomic mass is 9.84. The highest BCUT2D eigenvalue weighted by Crippen LogP contribution is 2.44. The van der Waals surface area contributed by atoms with Crippen molar-refractivity contribution in [2.75, 3.05) is 6.61 Å². The monoisotopic (exact) mass is 152 g/mol. The maximum Gasteiger partial charge on any atom is 0.112 e. The first kappa shape index (κ1) is 7.62. The van der Waals surface area contributed by atoms with Crippen molar-refractivity contribution in [2.45, 2.75) is 38.0 Å². The Labute approximate surface area is 68.7 Å². The van der Waals surface area contributed by atoms with Gasteiger partial charge in [-0.3, -0.25) is 0 Å². The predicted octanol–water partition coefficient (Wildman–Crippen LogP) is 0.695. The van der Waals surface area contributed by atoms with Gasteiger partial charge in [-0.15, -0.1) is 0 Å². The Bertz CT molecular complexity index is 173. The Hall–Kier alpha value is -0.0151. The lowest BCUT2D eigenvalue weighted by molar-refractivity contribution is -0.105. The van der Waals surface area contributed by atoms with Crippen molar-refractivity contribution in [3.63, 3.8) is 0 Å². The Morgan fingerprint density at radius 1 is 1.64 bits per heavy atom. The van der Waals surface area contributed by atoms with Gasteiger partial charge in [0.05, 0.1) is 18.3 Å². The second-order valence-corrected chi connectivity index (χ2v) is 3.69. The summed E-state index contributed by atoms with van der Waals surface area (Å²) in [5, 5.41) is 0. The normalized spacial score (nSPS) is 55.3. The lowest BCUT2D eigenvalue weighted by Gasteiger charge is -2.26. The molecule has 0 amide bonds. The van der Waals surface area contributed by atoms with Crippen LogP contribution in [-0.2, 0) is 9.47 Å². The zero-order valence-electron chi connectivity index (χ0n) is 7.04. The van der Waals surface area contributed by atoms with Gasteiger partial charge in [-0.2, -0.15) is 0 Å². The van der Waals surface area contributed by atoms with Crippen molar-refractivity contribution in [1.29, 1.82) is 0 Å². The fourth-order valence-corrected chi connectivity index (χ4v) is 2.32. The van der Waals surface area contributed by atoms with Gasteiger partial charge in [0, 0.05) is 11.9 Å². The van der Waals surface area contributed by atoms with Gasteiger partial charge in [0.1, 0.15) is 7.85 Å². The minimum Gasteiger partial charge on any atom is -0.376 e. The van der Waals surface area contributed by atoms with Crippen LogP contribution in [0, 0.1) is 5.92 Å². The number of rotatable bonds is 1. The third kappa shape index (κ3) is 0.874. The molecule has 0 aliphatic carbocycles. The van der Waals surface area contributed by atoms with Crippen molar-refractivity contribution in [3.05, 3.63) is 0 Å². The first-order chi connectivity index (χ1) is 5.17. The van der Waals surface area contributed by atoms with Crippen LogP contribution in [0.4, 0.5) is 0 Å². The molecule has 60 valence electrons. The van der Waals surface area contributed by atoms with Crippen LogP contribution in [0.1, 0.15) is 20.3 Å². The molecule has 0 unspecified atom stereocenters. The zero-order valence-corrected chi connectivity index (χ0v) is 7.04. The van der Waals surface area contributed by atoms with Gasteiger partial charge in [-0.25, -0.2) is 0 Å². The average Bonchev–Trinajstić information content (AvgIpc) is 2.36. The van der Waals surface area contributed by atoms with Gasteiger partial charge in [0.15, 0.2) is 0 Å². The molecular weight excluding hydrogens is 139 g/mol. The van der Waals surface area contributed by atoms with E-state index in [9.17, 15) is 0 Å². The summed E-state index contributed by atoms with van der Waals surface area (Å²) >= 11 is 0. The highest BCUT2D eigenvalue weighted by atomic mass is 16.6. The SMILES string of the molecule is [B][C@@H]1O[C@@]2(C)CO[C@H]1[C@H]2CC. The molecule has 2 saturated heterocycles. The van der Waals surface area contributed by atoms with E-state index in [1.54, 1.807) is 0 Å². The summed E-state index contributed by atoms with van der Waals surface area (Å²) in [6.45, 7) is 4.96. The highest BCUT2D eigenvalue weighted by Gasteiger charge is 2.55. The van der Waals surface area contributed by atoms with Crippen molar-refractivity contribution >= 4 is 7.85 Å². The van der Waals surface area contributed by atoms with Gasteiger partial charge < -0.3 is 9.47 Å². The van der Waals surface area contributed by atoms with Crippen LogP contribution in [-0.4, -0.2) is 32.2 Å². The first-order valence-corrected chi connectivity index (χ1v) is 4.22. The maximum absolute atomic E-state index is 5.72. The minimum atomic E-state index is -0.196. The second kappa shape index (κ2) is 2.24. The molecule has 2 heterocycles. The molecule has 0 N–H and O–H groups in total. The molecule has 0 spiro atoms. The van der Waals surface area contributed by atoms with Crippen LogP contribution in [0.15, 0.2) is 0 Å². The third-order valence-corrected chi connectivity index (χ3v) is 2.91. The first-order valence-electron chi connectivity index (χ1n) is 4.22. The van der Waals surface area contributed by atoms with E-state index in [1.807, 2.05) is 0 Å². The fraction of sp³-hybridized carbons (Fsp3) is 1.00. The summed E-state index contributed by atoms with van der Waals surface area (Å²) in [6.07, 6.45) is 1.24. The fourth-order valence-electron chi connectivity index (χ4n) is 2.32. The molecule has 0 saturated carbocycles. The molecule has 0 aromatic rings. The quantitative estimate of drug-likeness (QED) is 0.514. The maximum atomic E-state index is 5.72. The Balaban J connectivity index is 2.22. The summed E-state index contributed by atoms with van der Waals surface area (Å²) in [5.41, 5.74) is -0.0984. The molecule has 11 heavy (non-hydrogen) atoms. The van der Waals surface area contributed by atoms with E-state index < -0.39 is 0 Å². The molecule has 0 aromatic heterocycles. The standard InChI is InChI=1S/C8H13BO2/c1-3-5-6-7(9)11-8(5,2)4-10-6/h5-7H,3-4H2,1-2H3/t5-,6+,7-,8+/m1/s1. The minimum absolute atomic E-state index is 0.0984. The summed E-state index contributed by atoms with van der Waals surface area (Å²) < 4.78 is 11.1. The molecule has 2 aliphatic rings. The van der Waals surface area contributed by atoms with Crippen LogP contribution in [0.2, 0.25) is 0 Å². The molecule has 0 aromatic carbocycles. The van der Waals surface area contributed by atoms with E-state index in [0.717, 1.165) is 6.42 Å². The summed E-state index contributed by atoms with van der Waals surface area (Å²) in [7, 11) is 5.72. The molecule has 2 radical (unpaired) electrons. The molecular formula is C8H13BO2. The Morgan fingerprint density at radius 2 is 2.36 bits per heavy atom. The Kier molecular flexibility index (Phi) is 1.55. The smallest absolute Gasteiger partial charge is 0.112 e. The number of ether oxygens (including phenoxy) is 2. The van der Waals surface area contributed by atoms with Gasteiger partial charge >= 0.3 is 0 Å². The average molecular weight is 152 g/mol. The van der Waals surface area contributed by atoms with E-state index in [2.05, 4.69) is 13.8 Å². The summed E-state index contributed by atoms with van der Waals surface area (Å²) in [5.74, 6) is 0.498. The molecule has 2 fully saturated rings. The zero-order chi connectivity index (χ0) is 8.06. The van der Waals surface area contributed by atoms with Gasteiger partial charge in [-0.1, -0.05) is 6.92 Å². The van der Waals surface area contributed by atoms with Crippen molar-refractivity contribution in [2.24, 2.45) is 5.92 Å². The summed E-state index contributed by atoms with van der Waals surface area (Å²) in [6, 6.07) is -0.196. The van der Waals surface area contributed by atoms with E-state index in [0.29, 0.717) is 12.5 Å². The molecule has 2 rings (SSSR count). The van der Waals surface area contributed by atoms with E-state index in [-0.39, 0.29) is 17.7 Å². The topological polar surface area (TPSA) is 18.5 Å². The number of hydrogen-bond acceptors (Lipinski definition) is 2. The van der Waals surface area contributed by atoms with Gasteiger partial charge in [-0.05, 0) is 13.3 Å². The summed E-state index contributed by atoms with van der Waals surface area (Å²) in [4.78, 5) is 0. The number of fused-ring (bicyclic) bond motifs is 2. The number of hydrogen-bond donors (Lipinski definition) is 0. The van der Waals surface area contributed by atoms with Crippen LogP contribution >= 0.6 is 0 Å². The third-order valence-electron chi connectivity index (χ3n) is 2.91. The van der Waals surface area contributed by atoms with E-state index >= 15 is 0 Å². The van der Waals surface area contributed by atoms with E-state index in [1.165, 1.54) is 0 Å². The van der Waals surface area contributed by atoms with Crippen molar-refractivity contribution in [3.8, 4) is 0 Å². The highest BCUT2D eigenvalue weighted by molar-refractivity contribution is 6.11. The largest absolute Gasteiger partial charge is 0.376 e. The van der Waals surface area contributed by atoms with Gasteiger partial charge in [0.25, 0.3) is 0 Å². The molecule has 2 bridgehead atoms. The molecule has 4 atom stereocenters. The molecule has 2 nitrogen and oxygen atoms in total. The van der Waals surface area contributed by atoms with Crippen molar-refractivity contribution < 1.29 is 9.47 Å². The van der Waals surface area contributed by atoms with Crippen LogP contribution < -0.4 is 0 Å². The second-order valence-electron chi connectivity index (χ2n) is 3.69. The lowest BCUT2D eigenvalue weighted by Crippen LogP contribution is -2.35. The Morgan fingerprint density at radius 3 is 2.64 bits per heavy atom. The van der Waals surface area contributed by atoms with Gasteiger partial charge in [0.2, 0.25) is 0 Å². The van der Waals surface area contributed by atoms with Crippen LogP contribution in [0.5, 0.6) is 0 Å².